The lowest BCUT2D eigenvalue weighted by atomic mass is 10.0. The summed E-state index contributed by atoms with van der Waals surface area (Å²) in [4.78, 5) is 13.4. The number of hydrogen-bond acceptors (Lipinski definition) is 2. The highest BCUT2D eigenvalue weighted by Crippen LogP contribution is 2.33. The SMILES string of the molecule is CC1c2cc(C(=O)O)[nH]c2CC1O. The highest BCUT2D eigenvalue weighted by molar-refractivity contribution is 5.86. The highest BCUT2D eigenvalue weighted by Gasteiger charge is 2.30. The lowest BCUT2D eigenvalue weighted by Gasteiger charge is -2.07. The van der Waals surface area contributed by atoms with Crippen LogP contribution in [0.1, 0.15) is 34.6 Å². The first-order chi connectivity index (χ1) is 6.09. The first-order valence-electron chi connectivity index (χ1n) is 4.22. The van der Waals surface area contributed by atoms with Gasteiger partial charge in [-0.15, -0.1) is 0 Å². The van der Waals surface area contributed by atoms with Gasteiger partial charge in [-0.3, -0.25) is 0 Å². The van der Waals surface area contributed by atoms with Crippen molar-refractivity contribution in [2.75, 3.05) is 0 Å². The fraction of sp³-hybridized carbons (Fsp3) is 0.444. The first-order valence-corrected chi connectivity index (χ1v) is 4.22. The van der Waals surface area contributed by atoms with E-state index in [1.54, 1.807) is 6.07 Å². The molecule has 1 heterocycles. The summed E-state index contributed by atoms with van der Waals surface area (Å²) >= 11 is 0. The molecule has 0 aliphatic heterocycles. The molecule has 0 radical (unpaired) electrons. The van der Waals surface area contributed by atoms with Gasteiger partial charge in [0.2, 0.25) is 0 Å². The number of hydrogen-bond donors (Lipinski definition) is 3. The molecule has 0 aromatic carbocycles. The molecule has 0 saturated carbocycles. The number of carboxylic acids is 1. The molecule has 2 atom stereocenters. The molecule has 0 spiro atoms. The van der Waals surface area contributed by atoms with Crippen molar-refractivity contribution in [1.82, 2.24) is 4.98 Å². The van der Waals surface area contributed by atoms with Crippen molar-refractivity contribution in [3.63, 3.8) is 0 Å². The number of aliphatic hydroxyl groups is 1. The van der Waals surface area contributed by atoms with Crippen molar-refractivity contribution in [3.05, 3.63) is 23.0 Å². The smallest absolute Gasteiger partial charge is 0.352 e. The van der Waals surface area contributed by atoms with Crippen LogP contribution in [0.4, 0.5) is 0 Å². The minimum absolute atomic E-state index is 0.0411. The minimum Gasteiger partial charge on any atom is -0.477 e. The largest absolute Gasteiger partial charge is 0.477 e. The second-order valence-corrected chi connectivity index (χ2v) is 3.48. The van der Waals surface area contributed by atoms with Crippen LogP contribution in [0.5, 0.6) is 0 Å². The van der Waals surface area contributed by atoms with E-state index in [1.807, 2.05) is 6.92 Å². The third-order valence-electron chi connectivity index (χ3n) is 2.65. The molecule has 13 heavy (non-hydrogen) atoms. The van der Waals surface area contributed by atoms with Crippen molar-refractivity contribution in [3.8, 4) is 0 Å². The number of fused-ring (bicyclic) bond motifs is 1. The number of aliphatic hydroxyl groups excluding tert-OH is 1. The molecule has 0 amide bonds. The zero-order chi connectivity index (χ0) is 9.59. The third-order valence-corrected chi connectivity index (χ3v) is 2.65. The molecule has 2 unspecified atom stereocenters. The molecule has 0 bridgehead atoms. The Hall–Kier alpha value is -1.29. The molecular weight excluding hydrogens is 170 g/mol. The number of rotatable bonds is 1. The van der Waals surface area contributed by atoms with Crippen LogP contribution in [0, 0.1) is 0 Å². The van der Waals surface area contributed by atoms with Gasteiger partial charge in [-0.05, 0) is 11.6 Å². The molecule has 4 nitrogen and oxygen atoms in total. The average molecular weight is 181 g/mol. The van der Waals surface area contributed by atoms with Crippen molar-refractivity contribution in [2.24, 2.45) is 0 Å². The number of carboxylic acid groups (broad SMARTS) is 1. The van der Waals surface area contributed by atoms with Crippen LogP contribution < -0.4 is 0 Å². The van der Waals surface area contributed by atoms with Crippen molar-refractivity contribution < 1.29 is 15.0 Å². The number of aromatic nitrogens is 1. The van der Waals surface area contributed by atoms with E-state index < -0.39 is 5.97 Å². The Balaban J connectivity index is 2.40. The van der Waals surface area contributed by atoms with Crippen LogP contribution in [-0.4, -0.2) is 27.3 Å². The molecule has 1 aromatic heterocycles. The Kier molecular flexibility index (Phi) is 1.66. The highest BCUT2D eigenvalue weighted by atomic mass is 16.4. The maximum absolute atomic E-state index is 10.6. The minimum atomic E-state index is -0.948. The van der Waals surface area contributed by atoms with Gasteiger partial charge in [0.15, 0.2) is 0 Å². The molecule has 3 N–H and O–H groups in total. The Morgan fingerprint density at radius 1 is 1.69 bits per heavy atom. The average Bonchev–Trinajstić information content (AvgIpc) is 2.55. The van der Waals surface area contributed by atoms with E-state index >= 15 is 0 Å². The monoisotopic (exact) mass is 181 g/mol. The van der Waals surface area contributed by atoms with Crippen molar-refractivity contribution in [1.29, 1.82) is 0 Å². The van der Waals surface area contributed by atoms with Crippen LogP contribution in [-0.2, 0) is 6.42 Å². The second-order valence-electron chi connectivity index (χ2n) is 3.48. The normalized spacial score (nSPS) is 26.0. The molecule has 70 valence electrons. The number of nitrogens with one attached hydrogen (secondary N) is 1. The third kappa shape index (κ3) is 1.14. The lowest BCUT2D eigenvalue weighted by Crippen LogP contribution is -2.10. The molecule has 1 aliphatic carbocycles. The Morgan fingerprint density at radius 3 is 2.92 bits per heavy atom. The standard InChI is InChI=1S/C9H11NO3/c1-4-5-2-7(9(12)13)10-6(5)3-8(4)11/h2,4,8,10-11H,3H2,1H3,(H,12,13). The maximum atomic E-state index is 10.6. The predicted molar refractivity (Wildman–Crippen MR) is 45.9 cm³/mol. The van der Waals surface area contributed by atoms with Crippen molar-refractivity contribution >= 4 is 5.97 Å². The van der Waals surface area contributed by atoms with Gasteiger partial charge in [0.1, 0.15) is 5.69 Å². The van der Waals surface area contributed by atoms with Gasteiger partial charge < -0.3 is 15.2 Å². The van der Waals surface area contributed by atoms with Gasteiger partial charge in [0.25, 0.3) is 0 Å². The van der Waals surface area contributed by atoms with E-state index in [-0.39, 0.29) is 17.7 Å². The Morgan fingerprint density at radius 2 is 2.38 bits per heavy atom. The topological polar surface area (TPSA) is 73.3 Å². The molecule has 1 aliphatic rings. The van der Waals surface area contributed by atoms with E-state index in [9.17, 15) is 9.90 Å². The van der Waals surface area contributed by atoms with E-state index in [1.165, 1.54) is 0 Å². The second kappa shape index (κ2) is 2.60. The summed E-state index contributed by atoms with van der Waals surface area (Å²) in [6.45, 7) is 1.90. The maximum Gasteiger partial charge on any atom is 0.352 e. The fourth-order valence-corrected chi connectivity index (χ4v) is 1.80. The van der Waals surface area contributed by atoms with Gasteiger partial charge in [-0.1, -0.05) is 6.92 Å². The van der Waals surface area contributed by atoms with Gasteiger partial charge in [-0.2, -0.15) is 0 Å². The van der Waals surface area contributed by atoms with Crippen LogP contribution in [0.2, 0.25) is 0 Å². The summed E-state index contributed by atoms with van der Waals surface area (Å²) in [5.74, 6) is -0.907. The summed E-state index contributed by atoms with van der Waals surface area (Å²) < 4.78 is 0. The predicted octanol–water partition coefficient (Wildman–Crippen LogP) is 0.733. The van der Waals surface area contributed by atoms with Gasteiger partial charge >= 0.3 is 5.97 Å². The number of H-pyrrole nitrogens is 1. The number of carbonyl (C=O) groups is 1. The van der Waals surface area contributed by atoms with Gasteiger partial charge in [0.05, 0.1) is 6.10 Å². The summed E-state index contributed by atoms with van der Waals surface area (Å²) in [6, 6.07) is 1.61. The van der Waals surface area contributed by atoms with Crippen molar-refractivity contribution in [2.45, 2.75) is 25.4 Å². The van der Waals surface area contributed by atoms with E-state index in [0.29, 0.717) is 6.42 Å². The van der Waals surface area contributed by atoms with Gasteiger partial charge in [0, 0.05) is 18.0 Å². The quantitative estimate of drug-likeness (QED) is 0.598. The lowest BCUT2D eigenvalue weighted by molar-refractivity contribution is 0.0690. The van der Waals surface area contributed by atoms with Gasteiger partial charge in [-0.25, -0.2) is 4.79 Å². The molecular formula is C9H11NO3. The van der Waals surface area contributed by atoms with Crippen LogP contribution in [0.15, 0.2) is 6.07 Å². The molecule has 4 heteroatoms. The molecule has 1 aromatic rings. The molecule has 0 fully saturated rings. The molecule has 2 rings (SSSR count). The number of aromatic carboxylic acids is 1. The summed E-state index contributed by atoms with van der Waals surface area (Å²) in [6.07, 6.45) is 0.160. The summed E-state index contributed by atoms with van der Waals surface area (Å²) in [5, 5.41) is 18.2. The Bertz CT molecular complexity index is 356. The van der Waals surface area contributed by atoms with Crippen LogP contribution in [0.3, 0.4) is 0 Å². The summed E-state index contributed by atoms with van der Waals surface area (Å²) in [7, 11) is 0. The summed E-state index contributed by atoms with van der Waals surface area (Å²) in [5.41, 5.74) is 2.01. The van der Waals surface area contributed by atoms with Crippen LogP contribution in [0.25, 0.3) is 0 Å². The zero-order valence-electron chi connectivity index (χ0n) is 7.24. The van der Waals surface area contributed by atoms with Crippen LogP contribution >= 0.6 is 0 Å². The van der Waals surface area contributed by atoms with E-state index in [2.05, 4.69) is 4.98 Å². The van der Waals surface area contributed by atoms with E-state index in [4.69, 9.17) is 5.11 Å². The zero-order valence-corrected chi connectivity index (χ0v) is 7.24. The first kappa shape index (κ1) is 8.31. The Labute approximate surface area is 75.2 Å². The molecule has 0 saturated heterocycles. The van der Waals surface area contributed by atoms with E-state index in [0.717, 1.165) is 11.3 Å². The number of aromatic amines is 1. The fourth-order valence-electron chi connectivity index (χ4n) is 1.80.